The number of nitrogens with zero attached hydrogens (tertiary/aromatic N) is 2. The summed E-state index contributed by atoms with van der Waals surface area (Å²) in [7, 11) is 0. The van der Waals surface area contributed by atoms with Gasteiger partial charge in [-0.25, -0.2) is 43.9 Å². The summed E-state index contributed by atoms with van der Waals surface area (Å²) in [5, 5.41) is 27.2. The van der Waals surface area contributed by atoms with E-state index in [1.807, 2.05) is 60.7 Å². The van der Waals surface area contributed by atoms with Crippen LogP contribution in [0.2, 0.25) is 0 Å². The van der Waals surface area contributed by atoms with Crippen LogP contribution in [0, 0.1) is 91.3 Å². The number of nitro benzene ring substituents is 1. The molecule has 0 saturated heterocycles. The van der Waals surface area contributed by atoms with Gasteiger partial charge in [0.1, 0.15) is 35.5 Å². The number of non-ortho nitro benzene ring substituents is 1. The molecule has 0 aliphatic carbocycles. The molecule has 0 fully saturated rings. The van der Waals surface area contributed by atoms with Crippen molar-refractivity contribution in [2.75, 3.05) is 26.8 Å². The minimum absolute atomic E-state index is 0.00782. The van der Waals surface area contributed by atoms with Crippen LogP contribution in [-0.2, 0) is 43.7 Å². The summed E-state index contributed by atoms with van der Waals surface area (Å²) < 4.78 is 190. The predicted molar refractivity (Wildman–Crippen MR) is 332 cm³/mol. The standard InChI is InChI=1S/C22H25NO3.C11H14O2.C8H5F5O3.C7H3F3O2.2C7H4F2O2.C7H5NO4/c23-17-19-7-9-20(10-8-19)21-11-13-22(14-12-21)26-16-6-4-2-1-3-5-15-25-18-24;1-11(2,3)9-4-6-10(7-5-9)13-8-12;9-3-4(10)6(12)8(7(13)5(3)11)16-2-15-1-14;8-5-1-4(12-3-11)2-6(9)7(5)10;8-6-2-1-5(11-4-10)3-7(6)9;8-5-2-1-3-6(9)7(5)11-4-10;9-5-12-7-3-1-6(2-4-7)8(10)11/h7-14,18H,1-6,15-16H2;4-8H,1-3H3;14H,1-2H2;1-3H;2*1-4H;1-5H. The number of benzene rings is 8. The molecule has 20 nitrogen and oxygen atoms in total. The minimum atomic E-state index is -2.27. The Kier molecular flexibility index (Phi) is 39.8. The zero-order valence-electron chi connectivity index (χ0n) is 53.2. The third-order valence-corrected chi connectivity index (χ3v) is 12.2. The second kappa shape index (κ2) is 47.2. The fraction of sp³-hybridized carbons (Fsp3) is 0.203. The normalized spacial score (nSPS) is 9.93. The number of para-hydroxylation sites is 1. The number of nitriles is 1. The summed E-state index contributed by atoms with van der Waals surface area (Å²) in [5.41, 5.74) is 4.20. The number of ether oxygens (including phenoxy) is 9. The lowest BCUT2D eigenvalue weighted by Gasteiger charge is -2.18. The van der Waals surface area contributed by atoms with E-state index >= 15 is 0 Å². The molecule has 101 heavy (non-hydrogen) atoms. The average molecular weight is 1430 g/mol. The van der Waals surface area contributed by atoms with Crippen LogP contribution in [0.1, 0.15) is 70.4 Å². The highest BCUT2D eigenvalue weighted by Gasteiger charge is 2.27. The topological polar surface area (TPSA) is 273 Å². The van der Waals surface area contributed by atoms with Crippen molar-refractivity contribution in [2.45, 2.75) is 64.7 Å². The van der Waals surface area contributed by atoms with Gasteiger partial charge in [-0.2, -0.15) is 14.0 Å². The van der Waals surface area contributed by atoms with Crippen molar-refractivity contribution >= 4 is 44.5 Å². The first kappa shape index (κ1) is 85.2. The maximum Gasteiger partial charge on any atom is 0.298 e. The van der Waals surface area contributed by atoms with Crippen LogP contribution in [0.25, 0.3) is 11.1 Å². The first-order valence-corrected chi connectivity index (χ1v) is 28.8. The van der Waals surface area contributed by atoms with Crippen molar-refractivity contribution in [3.05, 3.63) is 237 Å². The first-order chi connectivity index (χ1) is 48.2. The number of nitro groups is 1. The third-order valence-electron chi connectivity index (χ3n) is 12.2. The van der Waals surface area contributed by atoms with Gasteiger partial charge >= 0.3 is 0 Å². The molecule has 0 radical (unpaired) electrons. The molecule has 0 spiro atoms. The van der Waals surface area contributed by atoms with Gasteiger partial charge in [0.15, 0.2) is 53.3 Å². The van der Waals surface area contributed by atoms with Crippen LogP contribution < -0.4 is 33.2 Å². The maximum atomic E-state index is 12.9. The molecule has 8 aromatic rings. The molecule has 32 heteroatoms. The second-order valence-electron chi connectivity index (χ2n) is 20.1. The first-order valence-electron chi connectivity index (χ1n) is 28.8. The van der Waals surface area contributed by atoms with Gasteiger partial charge in [0.2, 0.25) is 34.8 Å². The summed E-state index contributed by atoms with van der Waals surface area (Å²) in [5.74, 6) is -19.6. The third kappa shape index (κ3) is 31.9. The SMILES string of the molecule is CC(C)(C)c1ccc(OC=O)cc1.N#Cc1ccc(-c2ccc(OCCCCCCCCOC=O)cc2)cc1.O=COc1c(F)cccc1F.O=COc1cc(F)c(F)c(F)c1.O=COc1ccc(F)c(F)c1.O=COc1ccc([N+](=O)[O-])cc1.OCOCOc1c(F)c(F)c(F)c(F)c1F. The molecule has 8 rings (SSSR count). The molecule has 0 amide bonds. The summed E-state index contributed by atoms with van der Waals surface area (Å²) in [6, 6.07) is 37.7. The highest BCUT2D eigenvalue weighted by Crippen LogP contribution is 2.30. The van der Waals surface area contributed by atoms with E-state index in [0.29, 0.717) is 43.0 Å². The molecule has 0 atom stereocenters. The van der Waals surface area contributed by atoms with Crippen LogP contribution in [0.4, 0.5) is 58.4 Å². The smallest absolute Gasteiger partial charge is 0.298 e. The van der Waals surface area contributed by atoms with Crippen LogP contribution in [0.15, 0.2) is 146 Å². The van der Waals surface area contributed by atoms with E-state index in [9.17, 15) is 91.6 Å². The largest absolute Gasteiger partial charge is 0.494 e. The fourth-order valence-electron chi connectivity index (χ4n) is 7.26. The Balaban J connectivity index is 0.000000411. The van der Waals surface area contributed by atoms with Crippen LogP contribution in [0.3, 0.4) is 0 Å². The molecule has 8 aromatic carbocycles. The van der Waals surface area contributed by atoms with Crippen molar-refractivity contribution in [1.82, 2.24) is 0 Å². The Morgan fingerprint density at radius 2 is 0.861 bits per heavy atom. The van der Waals surface area contributed by atoms with E-state index in [0.717, 1.165) is 79.5 Å². The van der Waals surface area contributed by atoms with Crippen LogP contribution in [0.5, 0.6) is 40.2 Å². The lowest BCUT2D eigenvalue weighted by molar-refractivity contribution is -0.384. The Labute approximate surface area is 567 Å². The molecule has 0 aliphatic heterocycles. The number of rotatable bonds is 27. The van der Waals surface area contributed by atoms with E-state index in [1.165, 1.54) is 48.7 Å². The van der Waals surface area contributed by atoms with Gasteiger partial charge in [-0.05, 0) is 108 Å². The summed E-state index contributed by atoms with van der Waals surface area (Å²) >= 11 is 0. The monoisotopic (exact) mass is 1430 g/mol. The molecule has 0 heterocycles. The zero-order valence-corrected chi connectivity index (χ0v) is 53.2. The van der Waals surface area contributed by atoms with Gasteiger partial charge in [0.05, 0.1) is 29.8 Å². The Bertz CT molecular complexity index is 3850. The number of aliphatic hydroxyl groups excluding tert-OH is 1. The van der Waals surface area contributed by atoms with E-state index in [-0.39, 0.29) is 54.2 Å². The number of aliphatic hydroxyl groups is 1. The van der Waals surface area contributed by atoms with Gasteiger partial charge in [-0.15, -0.1) is 0 Å². The van der Waals surface area contributed by atoms with Crippen LogP contribution in [-0.4, -0.2) is 75.7 Å². The van der Waals surface area contributed by atoms with E-state index < -0.39 is 99.8 Å². The van der Waals surface area contributed by atoms with Gasteiger partial charge in [-0.1, -0.05) is 88.9 Å². The molecule has 1 N–H and O–H groups in total. The molecular formula is C69H60F12N2O18. The van der Waals surface area contributed by atoms with Crippen molar-refractivity contribution in [3.8, 4) is 57.4 Å². The van der Waals surface area contributed by atoms with E-state index in [1.54, 1.807) is 12.1 Å². The van der Waals surface area contributed by atoms with Crippen molar-refractivity contribution < 1.29 is 134 Å². The van der Waals surface area contributed by atoms with Crippen LogP contribution >= 0.6 is 0 Å². The van der Waals surface area contributed by atoms with Gasteiger partial charge in [-0.3, -0.25) is 38.9 Å². The lowest BCUT2D eigenvalue weighted by Crippen LogP contribution is -2.10. The second-order valence-corrected chi connectivity index (χ2v) is 20.1. The Hall–Kier alpha value is -11.9. The highest BCUT2D eigenvalue weighted by atomic mass is 19.2. The maximum absolute atomic E-state index is 12.9. The molecule has 0 saturated carbocycles. The number of halogens is 12. The Morgan fingerprint density at radius 1 is 0.436 bits per heavy atom. The van der Waals surface area contributed by atoms with Gasteiger partial charge < -0.3 is 47.7 Å². The van der Waals surface area contributed by atoms with Gasteiger partial charge in [0, 0.05) is 30.3 Å². The van der Waals surface area contributed by atoms with Crippen molar-refractivity contribution in [3.63, 3.8) is 0 Å². The summed E-state index contributed by atoms with van der Waals surface area (Å²) in [4.78, 5) is 68.7. The number of carbonyl (C=O) groups is 6. The molecule has 0 aromatic heterocycles. The summed E-state index contributed by atoms with van der Waals surface area (Å²) in [6.07, 6.45) is 6.59. The molecule has 538 valence electrons. The predicted octanol–water partition coefficient (Wildman–Crippen LogP) is 15.1. The molecule has 0 bridgehead atoms. The van der Waals surface area contributed by atoms with Crippen molar-refractivity contribution in [1.29, 1.82) is 5.26 Å². The van der Waals surface area contributed by atoms with Crippen molar-refractivity contribution in [2.24, 2.45) is 0 Å². The molecular weight excluding hydrogens is 1370 g/mol. The number of hydrogen-bond donors (Lipinski definition) is 1. The van der Waals surface area contributed by atoms with Gasteiger partial charge in [0.25, 0.3) is 44.5 Å². The highest BCUT2D eigenvalue weighted by molar-refractivity contribution is 5.65. The zero-order chi connectivity index (χ0) is 75.3. The van der Waals surface area contributed by atoms with E-state index in [2.05, 4.69) is 60.0 Å². The Morgan fingerprint density at radius 3 is 1.32 bits per heavy atom. The summed E-state index contributed by atoms with van der Waals surface area (Å²) in [6.45, 7) is 7.33. The fourth-order valence-corrected chi connectivity index (χ4v) is 7.26. The number of hydrogen-bond acceptors (Lipinski definition) is 19. The number of carbonyl (C=O) groups excluding carboxylic acids is 6. The minimum Gasteiger partial charge on any atom is -0.494 e. The quantitative estimate of drug-likeness (QED) is 0.00732. The lowest BCUT2D eigenvalue weighted by atomic mass is 9.87. The molecule has 0 aliphatic rings. The average Bonchev–Trinajstić information content (AvgIpc) is 0.800. The van der Waals surface area contributed by atoms with E-state index in [4.69, 9.17) is 19.8 Å². The molecule has 0 unspecified atom stereocenters. The number of unbranched alkanes of at least 4 members (excludes halogenated alkanes) is 5.